The number of benzene rings is 1. The van der Waals surface area contributed by atoms with Gasteiger partial charge in [-0.15, -0.1) is 0 Å². The smallest absolute Gasteiger partial charge is 0.410 e. The lowest BCUT2D eigenvalue weighted by Gasteiger charge is -1.97. The van der Waals surface area contributed by atoms with Crippen LogP contribution in [0.3, 0.4) is 0 Å². The predicted octanol–water partition coefficient (Wildman–Crippen LogP) is 2.39. The van der Waals surface area contributed by atoms with E-state index in [4.69, 9.17) is 9.84 Å². The normalized spacial score (nSPS) is 10.2. The standard InChI is InChI=1S/C9H8N2O3S/c1-14-5-3-2-4-6-7(5)10-8(15-6)11-9(12)13/h2-4H,1H3,(H,10,11)(H,12,13). The van der Waals surface area contributed by atoms with Crippen molar-refractivity contribution in [1.29, 1.82) is 0 Å². The summed E-state index contributed by atoms with van der Waals surface area (Å²) in [4.78, 5) is 14.5. The van der Waals surface area contributed by atoms with Gasteiger partial charge < -0.3 is 9.84 Å². The molecule has 0 saturated carbocycles. The highest BCUT2D eigenvalue weighted by Crippen LogP contribution is 2.31. The molecule has 0 fully saturated rings. The first-order valence-corrected chi connectivity index (χ1v) is 4.96. The maximum absolute atomic E-state index is 10.4. The molecule has 0 bridgehead atoms. The predicted molar refractivity (Wildman–Crippen MR) is 57.8 cm³/mol. The van der Waals surface area contributed by atoms with Gasteiger partial charge in [0.1, 0.15) is 11.3 Å². The summed E-state index contributed by atoms with van der Waals surface area (Å²) < 4.78 is 6.00. The number of thiazole rings is 1. The molecule has 1 amide bonds. The Morgan fingerprint density at radius 3 is 3.07 bits per heavy atom. The number of nitrogens with zero attached hydrogens (tertiary/aromatic N) is 1. The van der Waals surface area contributed by atoms with Crippen molar-refractivity contribution in [3.63, 3.8) is 0 Å². The van der Waals surface area contributed by atoms with E-state index < -0.39 is 6.09 Å². The Kier molecular flexibility index (Phi) is 2.42. The highest BCUT2D eigenvalue weighted by atomic mass is 32.1. The number of aromatic nitrogens is 1. The number of amides is 1. The molecule has 6 heteroatoms. The van der Waals surface area contributed by atoms with Crippen LogP contribution in [-0.2, 0) is 0 Å². The Morgan fingerprint density at radius 1 is 1.60 bits per heavy atom. The monoisotopic (exact) mass is 224 g/mol. The van der Waals surface area contributed by atoms with E-state index in [1.54, 1.807) is 13.2 Å². The molecule has 5 nitrogen and oxygen atoms in total. The van der Waals surface area contributed by atoms with Crippen LogP contribution in [0.25, 0.3) is 10.2 Å². The largest absolute Gasteiger partial charge is 0.494 e. The van der Waals surface area contributed by atoms with Crippen LogP contribution in [0.1, 0.15) is 0 Å². The van der Waals surface area contributed by atoms with E-state index in [0.717, 1.165) is 4.70 Å². The van der Waals surface area contributed by atoms with Crippen LogP contribution in [-0.4, -0.2) is 23.3 Å². The number of rotatable bonds is 2. The summed E-state index contributed by atoms with van der Waals surface area (Å²) in [6.07, 6.45) is -1.12. The third-order valence-corrected chi connectivity index (χ3v) is 2.75. The van der Waals surface area contributed by atoms with E-state index in [9.17, 15) is 4.79 Å². The van der Waals surface area contributed by atoms with Crippen LogP contribution >= 0.6 is 11.3 Å². The van der Waals surface area contributed by atoms with Crippen molar-refractivity contribution >= 4 is 32.8 Å². The Balaban J connectivity index is 2.50. The highest BCUT2D eigenvalue weighted by molar-refractivity contribution is 7.22. The van der Waals surface area contributed by atoms with E-state index in [1.165, 1.54) is 11.3 Å². The first kappa shape index (κ1) is 9.72. The molecule has 0 atom stereocenters. The van der Waals surface area contributed by atoms with Crippen molar-refractivity contribution in [2.75, 3.05) is 12.4 Å². The molecule has 15 heavy (non-hydrogen) atoms. The zero-order chi connectivity index (χ0) is 10.8. The second-order valence-corrected chi connectivity index (χ2v) is 3.79. The van der Waals surface area contributed by atoms with E-state index >= 15 is 0 Å². The molecule has 2 N–H and O–H groups in total. The average Bonchev–Trinajstić information content (AvgIpc) is 2.58. The summed E-state index contributed by atoms with van der Waals surface area (Å²) in [7, 11) is 1.55. The molecule has 0 spiro atoms. The quantitative estimate of drug-likeness (QED) is 0.821. The van der Waals surface area contributed by atoms with Crippen molar-refractivity contribution in [3.05, 3.63) is 18.2 Å². The second kappa shape index (κ2) is 3.74. The van der Waals surface area contributed by atoms with Crippen LogP contribution in [0.2, 0.25) is 0 Å². The van der Waals surface area contributed by atoms with Gasteiger partial charge in [-0.2, -0.15) is 0 Å². The number of hydrogen-bond donors (Lipinski definition) is 2. The highest BCUT2D eigenvalue weighted by Gasteiger charge is 2.09. The maximum Gasteiger partial charge on any atom is 0.410 e. The Bertz CT molecular complexity index is 509. The lowest BCUT2D eigenvalue weighted by Crippen LogP contribution is -2.06. The maximum atomic E-state index is 10.4. The van der Waals surface area contributed by atoms with Gasteiger partial charge in [-0.1, -0.05) is 17.4 Å². The van der Waals surface area contributed by atoms with E-state index in [1.807, 2.05) is 12.1 Å². The van der Waals surface area contributed by atoms with Gasteiger partial charge >= 0.3 is 6.09 Å². The summed E-state index contributed by atoms with van der Waals surface area (Å²) in [5.74, 6) is 0.641. The third-order valence-electron chi connectivity index (χ3n) is 1.82. The molecule has 1 aromatic carbocycles. The minimum atomic E-state index is -1.12. The number of para-hydroxylation sites is 1. The zero-order valence-electron chi connectivity index (χ0n) is 7.85. The molecule has 0 unspecified atom stereocenters. The molecule has 0 aliphatic carbocycles. The van der Waals surface area contributed by atoms with Gasteiger partial charge in [0, 0.05) is 0 Å². The SMILES string of the molecule is COc1cccc2sc(NC(=O)O)nc12. The molecule has 0 aliphatic rings. The fourth-order valence-corrected chi connectivity index (χ4v) is 2.11. The fraction of sp³-hybridized carbons (Fsp3) is 0.111. The number of carbonyl (C=O) groups is 1. The molecule has 0 radical (unpaired) electrons. The Morgan fingerprint density at radius 2 is 2.40 bits per heavy atom. The number of hydrogen-bond acceptors (Lipinski definition) is 4. The van der Waals surface area contributed by atoms with Gasteiger partial charge in [-0.25, -0.2) is 9.78 Å². The lowest BCUT2D eigenvalue weighted by molar-refractivity contribution is 0.209. The molecule has 0 aliphatic heterocycles. The van der Waals surface area contributed by atoms with E-state index in [2.05, 4.69) is 10.3 Å². The summed E-state index contributed by atoms with van der Waals surface area (Å²) in [5.41, 5.74) is 0.675. The molecule has 1 heterocycles. The number of fused-ring (bicyclic) bond motifs is 1. The molecular formula is C9H8N2O3S. The molecule has 78 valence electrons. The van der Waals surface area contributed by atoms with Crippen LogP contribution in [0.5, 0.6) is 5.75 Å². The lowest BCUT2D eigenvalue weighted by atomic mass is 10.3. The van der Waals surface area contributed by atoms with Crippen LogP contribution in [0.4, 0.5) is 9.93 Å². The molecule has 0 saturated heterocycles. The summed E-state index contributed by atoms with van der Waals surface area (Å²) >= 11 is 1.27. The minimum Gasteiger partial charge on any atom is -0.494 e. The first-order valence-electron chi connectivity index (χ1n) is 4.14. The van der Waals surface area contributed by atoms with Crippen molar-refractivity contribution in [2.24, 2.45) is 0 Å². The third kappa shape index (κ3) is 1.84. The van der Waals surface area contributed by atoms with Crippen molar-refractivity contribution in [1.82, 2.24) is 4.98 Å². The summed E-state index contributed by atoms with van der Waals surface area (Å²) in [5, 5.41) is 11.1. The van der Waals surface area contributed by atoms with E-state index in [-0.39, 0.29) is 0 Å². The van der Waals surface area contributed by atoms with Crippen molar-refractivity contribution in [2.45, 2.75) is 0 Å². The van der Waals surface area contributed by atoms with Gasteiger partial charge in [0.25, 0.3) is 0 Å². The molecule has 2 aromatic rings. The van der Waals surface area contributed by atoms with E-state index in [0.29, 0.717) is 16.4 Å². The number of anilines is 1. The van der Waals surface area contributed by atoms with Crippen molar-refractivity contribution < 1.29 is 14.6 Å². The van der Waals surface area contributed by atoms with Gasteiger partial charge in [0.2, 0.25) is 0 Å². The number of ether oxygens (including phenoxy) is 1. The topological polar surface area (TPSA) is 71.5 Å². The van der Waals surface area contributed by atoms with Gasteiger partial charge in [-0.05, 0) is 12.1 Å². The number of methoxy groups -OCH3 is 1. The van der Waals surface area contributed by atoms with Gasteiger partial charge in [0.15, 0.2) is 5.13 Å². The first-order chi connectivity index (χ1) is 7.20. The zero-order valence-corrected chi connectivity index (χ0v) is 8.67. The van der Waals surface area contributed by atoms with Crippen LogP contribution in [0, 0.1) is 0 Å². The second-order valence-electron chi connectivity index (χ2n) is 2.76. The van der Waals surface area contributed by atoms with Crippen LogP contribution in [0.15, 0.2) is 18.2 Å². The van der Waals surface area contributed by atoms with Crippen LogP contribution < -0.4 is 10.1 Å². The minimum absolute atomic E-state index is 0.349. The average molecular weight is 224 g/mol. The van der Waals surface area contributed by atoms with Gasteiger partial charge in [-0.3, -0.25) is 5.32 Å². The fourth-order valence-electron chi connectivity index (χ4n) is 1.23. The summed E-state index contributed by atoms with van der Waals surface area (Å²) in [6.45, 7) is 0. The number of carboxylic acid groups (broad SMARTS) is 1. The number of nitrogens with one attached hydrogen (secondary N) is 1. The van der Waals surface area contributed by atoms with Crippen molar-refractivity contribution in [3.8, 4) is 5.75 Å². The van der Waals surface area contributed by atoms with Gasteiger partial charge in [0.05, 0.1) is 11.8 Å². The Hall–Kier alpha value is -1.82. The summed E-state index contributed by atoms with van der Waals surface area (Å²) in [6, 6.07) is 5.49. The Labute approximate surface area is 89.3 Å². The molecule has 2 rings (SSSR count). The molecular weight excluding hydrogens is 216 g/mol. The molecule has 1 aromatic heterocycles.